The van der Waals surface area contributed by atoms with Crippen molar-refractivity contribution >= 4 is 27.7 Å². The molecule has 39 heavy (non-hydrogen) atoms. The molecule has 3 aliphatic rings. The van der Waals surface area contributed by atoms with E-state index in [1.165, 1.54) is 4.31 Å². The third-order valence-electron chi connectivity index (χ3n) is 8.73. The van der Waals surface area contributed by atoms with Crippen molar-refractivity contribution in [2.24, 2.45) is 11.8 Å². The number of nitrogens with one attached hydrogen (secondary N) is 1. The summed E-state index contributed by atoms with van der Waals surface area (Å²) in [6.45, 7) is 8.49. The minimum absolute atomic E-state index is 0.0559. The van der Waals surface area contributed by atoms with Gasteiger partial charge in [-0.15, -0.1) is 11.8 Å². The number of hydrogen-bond donors (Lipinski definition) is 2. The lowest BCUT2D eigenvalue weighted by molar-refractivity contribution is 0.0816. The first-order valence-corrected chi connectivity index (χ1v) is 17.3. The number of rotatable bonds is 12. The highest BCUT2D eigenvalue weighted by molar-refractivity contribution is 8.00. The van der Waals surface area contributed by atoms with Crippen LogP contribution in [-0.4, -0.2) is 70.7 Å². The molecule has 1 amide bonds. The van der Waals surface area contributed by atoms with Gasteiger partial charge in [0.15, 0.2) is 0 Å². The molecule has 2 heterocycles. The van der Waals surface area contributed by atoms with E-state index in [9.17, 15) is 18.3 Å². The predicted molar refractivity (Wildman–Crippen MR) is 153 cm³/mol. The number of sulfonamides is 1. The lowest BCUT2D eigenvalue weighted by Crippen LogP contribution is -2.49. The van der Waals surface area contributed by atoms with Crippen LogP contribution in [0, 0.1) is 11.8 Å². The standard InChI is InChI=1S/C28H47N3O6S2/c1-5-21(16-20-10-8-11-22(32)17-20)19(2)29-26(33)24-25(38-23-12-6-7-13-23)27(30-37-24)36-18-28(3,4)31-14-9-15-39(31,34)35/h19-23,32H,5-18H2,1-4H3,(H,29,33)/t19?,20?,21?,22-/m1/s1. The van der Waals surface area contributed by atoms with Crippen LogP contribution in [0.3, 0.4) is 0 Å². The average molecular weight is 586 g/mol. The Kier molecular flexibility index (Phi) is 10.3. The van der Waals surface area contributed by atoms with Crippen molar-refractivity contribution in [3.63, 3.8) is 0 Å². The van der Waals surface area contributed by atoms with Crippen LogP contribution in [0.1, 0.15) is 109 Å². The molecule has 0 spiro atoms. The Bertz CT molecular complexity index is 1070. The highest BCUT2D eigenvalue weighted by Gasteiger charge is 2.41. The van der Waals surface area contributed by atoms with E-state index in [-0.39, 0.29) is 42.1 Å². The molecule has 222 valence electrons. The zero-order valence-electron chi connectivity index (χ0n) is 24.0. The zero-order valence-corrected chi connectivity index (χ0v) is 25.6. The van der Waals surface area contributed by atoms with Gasteiger partial charge in [0, 0.05) is 17.8 Å². The first-order chi connectivity index (χ1) is 18.5. The largest absolute Gasteiger partial charge is 0.473 e. The summed E-state index contributed by atoms with van der Waals surface area (Å²) in [4.78, 5) is 14.1. The number of ether oxygens (including phenoxy) is 1. The first kappa shape index (κ1) is 30.7. The van der Waals surface area contributed by atoms with Crippen LogP contribution < -0.4 is 10.1 Å². The molecule has 3 fully saturated rings. The molecule has 2 N–H and O–H groups in total. The predicted octanol–water partition coefficient (Wildman–Crippen LogP) is 4.99. The van der Waals surface area contributed by atoms with Crippen LogP contribution in [0.5, 0.6) is 5.88 Å². The lowest BCUT2D eigenvalue weighted by atomic mass is 9.79. The smallest absolute Gasteiger partial charge is 0.291 e. The topological polar surface area (TPSA) is 122 Å². The molecule has 0 aromatic carbocycles. The van der Waals surface area contributed by atoms with Crippen LogP contribution >= 0.6 is 11.8 Å². The molecule has 2 aliphatic carbocycles. The van der Waals surface area contributed by atoms with E-state index in [4.69, 9.17) is 9.26 Å². The number of amides is 1. The second-order valence-electron chi connectivity index (χ2n) is 12.4. The molecule has 1 aromatic rings. The van der Waals surface area contributed by atoms with Gasteiger partial charge in [-0.05, 0) is 76.3 Å². The van der Waals surface area contributed by atoms with Crippen molar-refractivity contribution in [1.82, 2.24) is 14.8 Å². The number of aliphatic hydroxyl groups is 1. The molecule has 4 atom stereocenters. The fourth-order valence-corrected chi connectivity index (χ4v) is 9.70. The van der Waals surface area contributed by atoms with Crippen molar-refractivity contribution in [3.8, 4) is 5.88 Å². The van der Waals surface area contributed by atoms with Crippen molar-refractivity contribution < 1.29 is 27.6 Å². The zero-order chi connectivity index (χ0) is 28.2. The summed E-state index contributed by atoms with van der Waals surface area (Å²) in [5.41, 5.74) is -0.748. The fraction of sp³-hybridized carbons (Fsp3) is 0.857. The molecule has 1 aromatic heterocycles. The number of aromatic nitrogens is 1. The van der Waals surface area contributed by atoms with Gasteiger partial charge in [0.25, 0.3) is 11.8 Å². The summed E-state index contributed by atoms with van der Waals surface area (Å²) < 4.78 is 38.2. The van der Waals surface area contributed by atoms with Gasteiger partial charge in [-0.3, -0.25) is 4.79 Å². The van der Waals surface area contributed by atoms with Gasteiger partial charge in [0.05, 0.1) is 17.4 Å². The van der Waals surface area contributed by atoms with Crippen molar-refractivity contribution in [2.45, 2.75) is 126 Å². The van der Waals surface area contributed by atoms with Crippen LogP contribution in [0.15, 0.2) is 9.42 Å². The third kappa shape index (κ3) is 7.71. The number of aliphatic hydroxyl groups excluding tert-OH is 1. The highest BCUT2D eigenvalue weighted by atomic mass is 32.2. The van der Waals surface area contributed by atoms with Gasteiger partial charge in [0.2, 0.25) is 15.8 Å². The maximum absolute atomic E-state index is 13.5. The molecule has 11 heteroatoms. The van der Waals surface area contributed by atoms with E-state index in [1.807, 2.05) is 20.8 Å². The van der Waals surface area contributed by atoms with E-state index in [2.05, 4.69) is 17.4 Å². The Morgan fingerprint density at radius 1 is 1.23 bits per heavy atom. The van der Waals surface area contributed by atoms with Crippen molar-refractivity contribution in [3.05, 3.63) is 5.76 Å². The van der Waals surface area contributed by atoms with E-state index in [0.717, 1.165) is 64.2 Å². The first-order valence-electron chi connectivity index (χ1n) is 14.8. The molecule has 9 nitrogen and oxygen atoms in total. The summed E-state index contributed by atoms with van der Waals surface area (Å²) >= 11 is 1.59. The number of thioether (sulfide) groups is 1. The second-order valence-corrected chi connectivity index (χ2v) is 15.7. The van der Waals surface area contributed by atoms with Crippen molar-refractivity contribution in [2.75, 3.05) is 18.9 Å². The van der Waals surface area contributed by atoms with Gasteiger partial charge in [-0.2, -0.15) is 4.31 Å². The Labute approximate surface area is 238 Å². The average Bonchev–Trinajstić information content (AvgIpc) is 3.62. The van der Waals surface area contributed by atoms with Crippen molar-refractivity contribution in [1.29, 1.82) is 0 Å². The maximum atomic E-state index is 13.5. The minimum atomic E-state index is -3.30. The molecule has 1 aliphatic heterocycles. The highest BCUT2D eigenvalue weighted by Crippen LogP contribution is 2.41. The minimum Gasteiger partial charge on any atom is -0.473 e. The van der Waals surface area contributed by atoms with Crippen LogP contribution in [0.25, 0.3) is 0 Å². The van der Waals surface area contributed by atoms with Gasteiger partial charge in [0.1, 0.15) is 11.5 Å². The van der Waals surface area contributed by atoms with Gasteiger partial charge >= 0.3 is 0 Å². The molecule has 3 unspecified atom stereocenters. The number of hydrogen-bond acceptors (Lipinski definition) is 8. The lowest BCUT2D eigenvalue weighted by Gasteiger charge is -2.33. The molecular weight excluding hydrogens is 538 g/mol. The number of carbonyl (C=O) groups excluding carboxylic acids is 1. The molecule has 2 saturated carbocycles. The summed E-state index contributed by atoms with van der Waals surface area (Å²) in [6.07, 6.45) is 10.7. The summed E-state index contributed by atoms with van der Waals surface area (Å²) in [5.74, 6) is 1.08. The third-order valence-corrected chi connectivity index (χ3v) is 12.3. The van der Waals surface area contributed by atoms with E-state index < -0.39 is 15.6 Å². The van der Waals surface area contributed by atoms with Crippen LogP contribution in [0.4, 0.5) is 0 Å². The fourth-order valence-electron chi connectivity index (χ4n) is 6.44. The van der Waals surface area contributed by atoms with Crippen LogP contribution in [0.2, 0.25) is 0 Å². The van der Waals surface area contributed by atoms with Gasteiger partial charge in [-0.1, -0.05) is 39.0 Å². The normalized spacial score (nSPS) is 26.0. The quantitative estimate of drug-likeness (QED) is 0.352. The Balaban J connectivity index is 1.45. The van der Waals surface area contributed by atoms with Gasteiger partial charge < -0.3 is 19.7 Å². The maximum Gasteiger partial charge on any atom is 0.291 e. The molecule has 4 rings (SSSR count). The SMILES string of the molecule is CCC(CC1CCC[C@@H](O)C1)C(C)NC(=O)c1onc(OCC(C)(C)N2CCCS2(=O)=O)c1SC1CCCC1. The number of carbonyl (C=O) groups is 1. The van der Waals surface area contributed by atoms with Crippen LogP contribution in [-0.2, 0) is 10.0 Å². The second kappa shape index (κ2) is 13.1. The Morgan fingerprint density at radius 3 is 2.62 bits per heavy atom. The van der Waals surface area contributed by atoms with E-state index in [1.54, 1.807) is 11.8 Å². The van der Waals surface area contributed by atoms with Gasteiger partial charge in [-0.25, -0.2) is 8.42 Å². The molecule has 1 saturated heterocycles. The Hall–Kier alpha value is -1.30. The molecule has 0 bridgehead atoms. The summed E-state index contributed by atoms with van der Waals surface area (Å²) in [7, 11) is -3.30. The van der Waals surface area contributed by atoms with E-state index >= 15 is 0 Å². The molecular formula is C28H47N3O6S2. The van der Waals surface area contributed by atoms with E-state index in [0.29, 0.717) is 34.9 Å². The number of nitrogens with zero attached hydrogens (tertiary/aromatic N) is 2. The summed E-state index contributed by atoms with van der Waals surface area (Å²) in [6, 6.07) is -0.0559. The molecule has 0 radical (unpaired) electrons. The summed E-state index contributed by atoms with van der Waals surface area (Å²) in [5, 5.41) is 17.8. The monoisotopic (exact) mass is 585 g/mol. The Morgan fingerprint density at radius 2 is 1.97 bits per heavy atom.